The third-order valence-electron chi connectivity index (χ3n) is 3.17. The van der Waals surface area contributed by atoms with E-state index in [0.29, 0.717) is 5.82 Å². The van der Waals surface area contributed by atoms with Crippen LogP contribution in [0, 0.1) is 6.92 Å². The van der Waals surface area contributed by atoms with E-state index in [2.05, 4.69) is 63.2 Å². The molecule has 0 unspecified atom stereocenters. The number of aromatic nitrogens is 2. The Hall–Kier alpha value is -1.33. The molecular formula is C14H19BrN4. The maximum atomic E-state index is 5.59. The van der Waals surface area contributed by atoms with Crippen molar-refractivity contribution in [2.75, 3.05) is 19.3 Å². The summed E-state index contributed by atoms with van der Waals surface area (Å²) in [6.45, 7) is 3.98. The Kier molecular flexibility index (Phi) is 4.61. The van der Waals surface area contributed by atoms with Crippen LogP contribution in [0.4, 0.5) is 5.82 Å². The van der Waals surface area contributed by atoms with Crippen LogP contribution in [0.3, 0.4) is 0 Å². The normalized spacial score (nSPS) is 11.2. The predicted molar refractivity (Wildman–Crippen MR) is 81.9 cm³/mol. The molecule has 2 aromatic rings. The van der Waals surface area contributed by atoms with Crippen LogP contribution in [0.2, 0.25) is 0 Å². The first-order chi connectivity index (χ1) is 9.04. The number of H-pyrrole nitrogens is 1. The first-order valence-electron chi connectivity index (χ1n) is 6.28. The van der Waals surface area contributed by atoms with Crippen LogP contribution in [-0.4, -0.2) is 28.7 Å². The van der Waals surface area contributed by atoms with Gasteiger partial charge in [0.2, 0.25) is 0 Å². The average Bonchev–Trinajstić information content (AvgIpc) is 2.76. The summed E-state index contributed by atoms with van der Waals surface area (Å²) in [6.07, 6.45) is 1.03. The second kappa shape index (κ2) is 6.21. The average molecular weight is 323 g/mol. The Labute approximate surface area is 122 Å². The van der Waals surface area contributed by atoms with Gasteiger partial charge in [-0.1, -0.05) is 22.0 Å². The summed E-state index contributed by atoms with van der Waals surface area (Å²) in [5.41, 5.74) is 9.35. The van der Waals surface area contributed by atoms with E-state index < -0.39 is 0 Å². The monoisotopic (exact) mass is 322 g/mol. The van der Waals surface area contributed by atoms with Gasteiger partial charge in [0.05, 0.1) is 5.69 Å². The van der Waals surface area contributed by atoms with Crippen LogP contribution in [0.25, 0.3) is 0 Å². The van der Waals surface area contributed by atoms with Crippen molar-refractivity contribution >= 4 is 21.7 Å². The third kappa shape index (κ3) is 4.08. The number of likely N-dealkylation sites (N-methyl/N-ethyl adjacent to an activating group) is 1. The summed E-state index contributed by atoms with van der Waals surface area (Å²) < 4.78 is 1.14. The number of halogens is 1. The number of benzene rings is 1. The lowest BCUT2D eigenvalue weighted by Crippen LogP contribution is -2.21. The third-order valence-corrected chi connectivity index (χ3v) is 3.66. The lowest BCUT2D eigenvalue weighted by Gasteiger charge is -2.16. The first-order valence-corrected chi connectivity index (χ1v) is 7.07. The van der Waals surface area contributed by atoms with Gasteiger partial charge in [0.25, 0.3) is 0 Å². The zero-order chi connectivity index (χ0) is 13.8. The van der Waals surface area contributed by atoms with Crippen molar-refractivity contribution in [3.63, 3.8) is 0 Å². The highest BCUT2D eigenvalue weighted by Crippen LogP contribution is 2.17. The number of nitrogen functional groups attached to an aromatic ring is 1. The van der Waals surface area contributed by atoms with E-state index in [1.54, 1.807) is 0 Å². The van der Waals surface area contributed by atoms with Gasteiger partial charge in [-0.25, -0.2) is 0 Å². The largest absolute Gasteiger partial charge is 0.382 e. The van der Waals surface area contributed by atoms with Crippen molar-refractivity contribution in [1.29, 1.82) is 0 Å². The molecule has 2 rings (SSSR count). The highest BCUT2D eigenvalue weighted by atomic mass is 79.9. The van der Waals surface area contributed by atoms with E-state index in [-0.39, 0.29) is 0 Å². The van der Waals surface area contributed by atoms with Crippen molar-refractivity contribution < 1.29 is 0 Å². The standard InChI is InChI=1S/C14H19BrN4/c1-10-3-4-12(15)7-11(10)5-6-19(2)9-13-8-14(16)18-17-13/h3-4,7-8H,5-6,9H2,1-2H3,(H3,16,17,18). The van der Waals surface area contributed by atoms with Crippen molar-refractivity contribution in [3.8, 4) is 0 Å². The summed E-state index contributed by atoms with van der Waals surface area (Å²) in [5.74, 6) is 0.547. The molecule has 0 fully saturated rings. The number of rotatable bonds is 5. The molecule has 1 aromatic carbocycles. The lowest BCUT2D eigenvalue weighted by molar-refractivity contribution is 0.327. The van der Waals surface area contributed by atoms with Crippen LogP contribution < -0.4 is 5.73 Å². The van der Waals surface area contributed by atoms with Gasteiger partial charge in [-0.15, -0.1) is 0 Å². The second-order valence-electron chi connectivity index (χ2n) is 4.88. The molecule has 1 heterocycles. The fourth-order valence-corrected chi connectivity index (χ4v) is 2.46. The fourth-order valence-electron chi connectivity index (χ4n) is 2.05. The minimum atomic E-state index is 0.547. The smallest absolute Gasteiger partial charge is 0.145 e. The minimum Gasteiger partial charge on any atom is -0.382 e. The van der Waals surface area contributed by atoms with Crippen molar-refractivity contribution in [2.45, 2.75) is 19.9 Å². The molecule has 1 aromatic heterocycles. The van der Waals surface area contributed by atoms with Crippen molar-refractivity contribution in [2.24, 2.45) is 0 Å². The first kappa shape index (κ1) is 14.1. The Morgan fingerprint density at radius 3 is 2.84 bits per heavy atom. The predicted octanol–water partition coefficient (Wildman–Crippen LogP) is 2.74. The van der Waals surface area contributed by atoms with Crippen LogP contribution >= 0.6 is 15.9 Å². The number of hydrogen-bond donors (Lipinski definition) is 2. The van der Waals surface area contributed by atoms with E-state index in [1.807, 2.05) is 6.07 Å². The SMILES string of the molecule is Cc1ccc(Br)cc1CCN(C)Cc1cc(N)n[nH]1. The van der Waals surface area contributed by atoms with E-state index >= 15 is 0 Å². The summed E-state index contributed by atoms with van der Waals surface area (Å²) in [7, 11) is 2.10. The number of anilines is 1. The van der Waals surface area contributed by atoms with Crippen LogP contribution in [-0.2, 0) is 13.0 Å². The van der Waals surface area contributed by atoms with E-state index in [1.165, 1.54) is 11.1 Å². The molecule has 0 aliphatic heterocycles. The number of aromatic amines is 1. The number of nitrogens with zero attached hydrogens (tertiary/aromatic N) is 2. The maximum absolute atomic E-state index is 5.59. The molecule has 0 aliphatic rings. The Balaban J connectivity index is 1.89. The highest BCUT2D eigenvalue weighted by molar-refractivity contribution is 9.10. The van der Waals surface area contributed by atoms with Gasteiger partial charge in [-0.2, -0.15) is 5.10 Å². The van der Waals surface area contributed by atoms with Crippen LogP contribution in [0.1, 0.15) is 16.8 Å². The quantitative estimate of drug-likeness (QED) is 0.889. The van der Waals surface area contributed by atoms with Crippen molar-refractivity contribution in [1.82, 2.24) is 15.1 Å². The van der Waals surface area contributed by atoms with Gasteiger partial charge in [0, 0.05) is 23.6 Å². The zero-order valence-corrected chi connectivity index (χ0v) is 12.9. The van der Waals surface area contributed by atoms with Gasteiger partial charge in [0.15, 0.2) is 0 Å². The molecular weight excluding hydrogens is 304 g/mol. The molecule has 0 saturated carbocycles. The molecule has 3 N–H and O–H groups in total. The fraction of sp³-hybridized carbons (Fsp3) is 0.357. The van der Waals surface area contributed by atoms with Gasteiger partial charge >= 0.3 is 0 Å². The van der Waals surface area contributed by atoms with Gasteiger partial charge in [-0.05, 0) is 43.7 Å². The molecule has 5 heteroatoms. The van der Waals surface area contributed by atoms with Crippen molar-refractivity contribution in [3.05, 3.63) is 45.6 Å². The number of aryl methyl sites for hydroxylation is 1. The molecule has 0 amide bonds. The molecule has 0 aliphatic carbocycles. The number of nitrogens with two attached hydrogens (primary N) is 1. The Morgan fingerprint density at radius 2 is 2.16 bits per heavy atom. The molecule has 102 valence electrons. The van der Waals surface area contributed by atoms with Gasteiger partial charge in [0.1, 0.15) is 5.82 Å². The molecule has 0 atom stereocenters. The summed E-state index contributed by atoms with van der Waals surface area (Å²) in [5, 5.41) is 6.86. The minimum absolute atomic E-state index is 0.547. The molecule has 4 nitrogen and oxygen atoms in total. The summed E-state index contributed by atoms with van der Waals surface area (Å²) >= 11 is 3.52. The Morgan fingerprint density at radius 1 is 1.37 bits per heavy atom. The second-order valence-corrected chi connectivity index (χ2v) is 5.79. The Bertz CT molecular complexity index is 550. The zero-order valence-electron chi connectivity index (χ0n) is 11.3. The van der Waals surface area contributed by atoms with E-state index in [4.69, 9.17) is 5.73 Å². The molecule has 0 radical (unpaired) electrons. The molecule has 0 saturated heterocycles. The van der Waals surface area contributed by atoms with Crippen LogP contribution in [0.15, 0.2) is 28.7 Å². The van der Waals surface area contributed by atoms with Gasteiger partial charge in [-0.3, -0.25) is 5.10 Å². The van der Waals surface area contributed by atoms with E-state index in [0.717, 1.165) is 29.7 Å². The maximum Gasteiger partial charge on any atom is 0.145 e. The van der Waals surface area contributed by atoms with Gasteiger partial charge < -0.3 is 10.6 Å². The van der Waals surface area contributed by atoms with Crippen LogP contribution in [0.5, 0.6) is 0 Å². The summed E-state index contributed by atoms with van der Waals surface area (Å²) in [6, 6.07) is 8.29. The molecule has 0 bridgehead atoms. The van der Waals surface area contributed by atoms with E-state index in [9.17, 15) is 0 Å². The molecule has 0 spiro atoms. The summed E-state index contributed by atoms with van der Waals surface area (Å²) in [4.78, 5) is 2.26. The lowest BCUT2D eigenvalue weighted by atomic mass is 10.1. The molecule has 19 heavy (non-hydrogen) atoms. The number of hydrogen-bond acceptors (Lipinski definition) is 3. The topological polar surface area (TPSA) is 57.9 Å². The number of nitrogens with one attached hydrogen (secondary N) is 1. The highest BCUT2D eigenvalue weighted by Gasteiger charge is 2.05.